The van der Waals surface area contributed by atoms with Gasteiger partial charge in [-0.2, -0.15) is 5.10 Å². The van der Waals surface area contributed by atoms with Gasteiger partial charge < -0.3 is 5.32 Å². The van der Waals surface area contributed by atoms with Crippen molar-refractivity contribution in [2.24, 2.45) is 0 Å². The molecule has 110 valence electrons. The van der Waals surface area contributed by atoms with Crippen molar-refractivity contribution >= 4 is 23.3 Å². The summed E-state index contributed by atoms with van der Waals surface area (Å²) in [5.41, 5.74) is 0.948. The second-order valence-electron chi connectivity index (χ2n) is 5.45. The van der Waals surface area contributed by atoms with Crippen molar-refractivity contribution in [1.82, 2.24) is 9.78 Å². The first-order valence-electron chi connectivity index (χ1n) is 7.30. The van der Waals surface area contributed by atoms with Crippen molar-refractivity contribution in [2.75, 3.05) is 5.32 Å². The highest BCUT2D eigenvalue weighted by Crippen LogP contribution is 2.31. The molecule has 1 amide bonds. The van der Waals surface area contributed by atoms with Gasteiger partial charge in [0.1, 0.15) is 5.82 Å². The van der Waals surface area contributed by atoms with Crippen LogP contribution in [0.5, 0.6) is 0 Å². The molecule has 0 atom stereocenters. The first-order chi connectivity index (χ1) is 10.2. The van der Waals surface area contributed by atoms with Crippen LogP contribution >= 0.6 is 11.6 Å². The fourth-order valence-electron chi connectivity index (χ4n) is 2.83. The molecule has 0 radical (unpaired) electrons. The second kappa shape index (κ2) is 6.31. The maximum Gasteiger partial charge on any atom is 0.229 e. The molecule has 3 rings (SSSR count). The van der Waals surface area contributed by atoms with E-state index in [9.17, 15) is 4.79 Å². The third-order valence-corrected chi connectivity index (χ3v) is 4.14. The molecule has 1 N–H and O–H groups in total. The number of halogens is 1. The molecule has 1 aliphatic carbocycles. The Bertz CT molecular complexity index is 615. The lowest BCUT2D eigenvalue weighted by Crippen LogP contribution is -2.19. The summed E-state index contributed by atoms with van der Waals surface area (Å²) < 4.78 is 1.95. The molecule has 0 saturated heterocycles. The zero-order chi connectivity index (χ0) is 14.7. The first kappa shape index (κ1) is 14.1. The summed E-state index contributed by atoms with van der Waals surface area (Å²) in [5, 5.41) is 7.99. The van der Waals surface area contributed by atoms with E-state index in [1.54, 1.807) is 18.3 Å². The molecule has 1 aromatic carbocycles. The maximum atomic E-state index is 12.1. The number of hydrogen-bond donors (Lipinski definition) is 1. The summed E-state index contributed by atoms with van der Waals surface area (Å²) in [7, 11) is 0. The molecule has 0 unspecified atom stereocenters. The van der Waals surface area contributed by atoms with Crippen molar-refractivity contribution in [1.29, 1.82) is 0 Å². The maximum absolute atomic E-state index is 12.1. The van der Waals surface area contributed by atoms with Crippen LogP contribution in [0.3, 0.4) is 0 Å². The molecule has 0 aliphatic heterocycles. The Kier molecular flexibility index (Phi) is 4.25. The fraction of sp³-hybridized carbons (Fsp3) is 0.375. The summed E-state index contributed by atoms with van der Waals surface area (Å²) in [6, 6.07) is 9.62. The smallest absolute Gasteiger partial charge is 0.229 e. The van der Waals surface area contributed by atoms with Gasteiger partial charge in [-0.3, -0.25) is 4.79 Å². The van der Waals surface area contributed by atoms with E-state index in [2.05, 4.69) is 10.4 Å². The minimum atomic E-state index is -0.0305. The molecule has 2 aromatic rings. The summed E-state index contributed by atoms with van der Waals surface area (Å²) >= 11 is 5.84. The number of carbonyl (C=O) groups excluding carboxylic acids is 1. The lowest BCUT2D eigenvalue weighted by atomic mass is 10.1. The SMILES string of the molecule is O=C(Cc1ccc(Cl)cc1)Nc1ccnn1C1CCCC1. The first-order valence-corrected chi connectivity index (χ1v) is 7.68. The largest absolute Gasteiger partial charge is 0.311 e. The Morgan fingerprint density at radius 2 is 1.95 bits per heavy atom. The number of carbonyl (C=O) groups is 1. The molecular weight excluding hydrogens is 286 g/mol. The zero-order valence-electron chi connectivity index (χ0n) is 11.8. The molecule has 0 spiro atoms. The Balaban J connectivity index is 1.65. The van der Waals surface area contributed by atoms with Crippen LogP contribution in [0.4, 0.5) is 5.82 Å². The molecule has 5 heteroatoms. The molecule has 1 saturated carbocycles. The highest BCUT2D eigenvalue weighted by atomic mass is 35.5. The average Bonchev–Trinajstić information content (AvgIpc) is 3.11. The lowest BCUT2D eigenvalue weighted by molar-refractivity contribution is -0.115. The lowest BCUT2D eigenvalue weighted by Gasteiger charge is -2.14. The molecular formula is C16H18ClN3O. The van der Waals surface area contributed by atoms with Crippen LogP contribution < -0.4 is 5.32 Å². The van der Waals surface area contributed by atoms with Crippen LogP contribution in [0.1, 0.15) is 37.3 Å². The van der Waals surface area contributed by atoms with E-state index >= 15 is 0 Å². The van der Waals surface area contributed by atoms with Gasteiger partial charge in [0.25, 0.3) is 0 Å². The number of anilines is 1. The fourth-order valence-corrected chi connectivity index (χ4v) is 2.95. The van der Waals surface area contributed by atoms with Crippen LogP contribution in [0.25, 0.3) is 0 Å². The monoisotopic (exact) mass is 303 g/mol. The zero-order valence-corrected chi connectivity index (χ0v) is 12.5. The standard InChI is InChI=1S/C16H18ClN3O/c17-13-7-5-12(6-8-13)11-16(21)19-15-9-10-18-20(15)14-3-1-2-4-14/h5-10,14H,1-4,11H2,(H,19,21). The summed E-state index contributed by atoms with van der Waals surface area (Å²) in [5.74, 6) is 0.762. The van der Waals surface area contributed by atoms with Crippen molar-refractivity contribution in [3.8, 4) is 0 Å². The van der Waals surface area contributed by atoms with Crippen molar-refractivity contribution in [3.05, 3.63) is 47.1 Å². The van der Waals surface area contributed by atoms with E-state index < -0.39 is 0 Å². The normalized spacial score (nSPS) is 15.3. The molecule has 4 nitrogen and oxygen atoms in total. The van der Waals surface area contributed by atoms with E-state index in [4.69, 9.17) is 11.6 Å². The Morgan fingerprint density at radius 3 is 2.67 bits per heavy atom. The Labute approximate surface area is 129 Å². The third-order valence-electron chi connectivity index (χ3n) is 3.89. The van der Waals surface area contributed by atoms with Gasteiger partial charge in [0.05, 0.1) is 18.7 Å². The van der Waals surface area contributed by atoms with Crippen LogP contribution in [-0.4, -0.2) is 15.7 Å². The van der Waals surface area contributed by atoms with Gasteiger partial charge in [-0.25, -0.2) is 4.68 Å². The highest BCUT2D eigenvalue weighted by molar-refractivity contribution is 6.30. The number of hydrogen-bond acceptors (Lipinski definition) is 2. The topological polar surface area (TPSA) is 46.9 Å². The molecule has 1 heterocycles. The van der Waals surface area contributed by atoms with Crippen LogP contribution in [-0.2, 0) is 11.2 Å². The Hall–Kier alpha value is -1.81. The van der Waals surface area contributed by atoms with Gasteiger partial charge >= 0.3 is 0 Å². The Morgan fingerprint density at radius 1 is 1.24 bits per heavy atom. The van der Waals surface area contributed by atoms with Crippen LogP contribution in [0.15, 0.2) is 36.5 Å². The molecule has 1 aromatic heterocycles. The number of nitrogens with one attached hydrogen (secondary N) is 1. The van der Waals surface area contributed by atoms with Gasteiger partial charge in [0.2, 0.25) is 5.91 Å². The summed E-state index contributed by atoms with van der Waals surface area (Å²) in [4.78, 5) is 12.1. The molecule has 0 bridgehead atoms. The number of rotatable bonds is 4. The van der Waals surface area contributed by atoms with Crippen molar-refractivity contribution < 1.29 is 4.79 Å². The van der Waals surface area contributed by atoms with Gasteiger partial charge in [-0.05, 0) is 30.5 Å². The molecule has 1 aliphatic rings. The number of benzene rings is 1. The van der Waals surface area contributed by atoms with Gasteiger partial charge in [0.15, 0.2) is 0 Å². The van der Waals surface area contributed by atoms with Crippen LogP contribution in [0.2, 0.25) is 5.02 Å². The number of aromatic nitrogens is 2. The quantitative estimate of drug-likeness (QED) is 0.933. The van der Waals surface area contributed by atoms with Gasteiger partial charge in [0, 0.05) is 11.1 Å². The predicted octanol–water partition coefficient (Wildman–Crippen LogP) is 3.83. The van der Waals surface area contributed by atoms with E-state index in [1.165, 1.54) is 12.8 Å². The van der Waals surface area contributed by atoms with Gasteiger partial charge in [-0.1, -0.05) is 36.6 Å². The van der Waals surface area contributed by atoms with Crippen molar-refractivity contribution in [2.45, 2.75) is 38.1 Å². The van der Waals surface area contributed by atoms with Crippen molar-refractivity contribution in [3.63, 3.8) is 0 Å². The van der Waals surface area contributed by atoms with E-state index in [-0.39, 0.29) is 5.91 Å². The van der Waals surface area contributed by atoms with E-state index in [0.29, 0.717) is 17.5 Å². The predicted molar refractivity (Wildman–Crippen MR) is 83.5 cm³/mol. The second-order valence-corrected chi connectivity index (χ2v) is 5.89. The van der Waals surface area contributed by atoms with Crippen LogP contribution in [0, 0.1) is 0 Å². The molecule has 21 heavy (non-hydrogen) atoms. The number of amides is 1. The highest BCUT2D eigenvalue weighted by Gasteiger charge is 2.20. The summed E-state index contributed by atoms with van der Waals surface area (Å²) in [6.07, 6.45) is 6.85. The average molecular weight is 304 g/mol. The van der Waals surface area contributed by atoms with E-state index in [1.807, 2.05) is 22.9 Å². The minimum absolute atomic E-state index is 0.0305. The third kappa shape index (κ3) is 3.45. The number of nitrogens with zero attached hydrogens (tertiary/aromatic N) is 2. The van der Waals surface area contributed by atoms with E-state index in [0.717, 1.165) is 24.2 Å². The summed E-state index contributed by atoms with van der Waals surface area (Å²) in [6.45, 7) is 0. The van der Waals surface area contributed by atoms with Gasteiger partial charge in [-0.15, -0.1) is 0 Å². The molecule has 1 fully saturated rings. The minimum Gasteiger partial charge on any atom is -0.311 e.